The summed E-state index contributed by atoms with van der Waals surface area (Å²) in [5, 5.41) is 14.8. The molecule has 1 N–H and O–H groups in total. The second-order valence-electron chi connectivity index (χ2n) is 13.0. The maximum Gasteiger partial charge on any atom is 0.0543 e. The lowest BCUT2D eigenvalue weighted by atomic mass is 9.43. The van der Waals surface area contributed by atoms with Crippen LogP contribution in [0.15, 0.2) is 5.11 Å². The van der Waals surface area contributed by atoms with Gasteiger partial charge in [-0.3, -0.25) is 0 Å². The molecule has 0 bridgehead atoms. The van der Waals surface area contributed by atoms with Crippen molar-refractivity contribution in [3.63, 3.8) is 0 Å². The lowest BCUT2D eigenvalue weighted by Crippen LogP contribution is -2.58. The van der Waals surface area contributed by atoms with Crippen LogP contribution in [0.5, 0.6) is 0 Å². The Kier molecular flexibility index (Phi) is 6.73. The van der Waals surface area contributed by atoms with Crippen molar-refractivity contribution in [2.75, 3.05) is 0 Å². The first-order valence-corrected chi connectivity index (χ1v) is 13.4. The molecule has 4 nitrogen and oxygen atoms in total. The second-order valence-corrected chi connectivity index (χ2v) is 13.0. The molecule has 4 aliphatic rings. The highest BCUT2D eigenvalue weighted by Crippen LogP contribution is 2.68. The van der Waals surface area contributed by atoms with Gasteiger partial charge >= 0.3 is 0 Å². The summed E-state index contributed by atoms with van der Waals surface area (Å²) in [6.07, 6.45) is 13.4. The lowest BCUT2D eigenvalue weighted by molar-refractivity contribution is -0.136. The van der Waals surface area contributed by atoms with Gasteiger partial charge in [0.25, 0.3) is 0 Å². The molecule has 0 saturated heterocycles. The van der Waals surface area contributed by atoms with Crippen LogP contribution in [0.4, 0.5) is 0 Å². The van der Waals surface area contributed by atoms with E-state index < -0.39 is 0 Å². The Morgan fingerprint density at radius 2 is 1.65 bits per heavy atom. The van der Waals surface area contributed by atoms with Crippen LogP contribution in [0.25, 0.3) is 10.4 Å². The number of nitrogens with zero attached hydrogens (tertiary/aromatic N) is 3. The summed E-state index contributed by atoms with van der Waals surface area (Å²) in [6.45, 7) is 12.4. The van der Waals surface area contributed by atoms with Crippen LogP contribution in [0.3, 0.4) is 0 Å². The van der Waals surface area contributed by atoms with Crippen LogP contribution in [-0.4, -0.2) is 17.3 Å². The number of aliphatic hydroxyl groups excluding tert-OH is 1. The Bertz CT molecular complexity index is 688. The van der Waals surface area contributed by atoms with Crippen molar-refractivity contribution in [2.45, 2.75) is 117 Å². The molecule has 10 atom stereocenters. The molecule has 4 fully saturated rings. The summed E-state index contributed by atoms with van der Waals surface area (Å²) in [5.74, 6) is 5.13. The van der Waals surface area contributed by atoms with Gasteiger partial charge in [-0.25, -0.2) is 0 Å². The van der Waals surface area contributed by atoms with Gasteiger partial charge in [-0.2, -0.15) is 0 Å². The van der Waals surface area contributed by atoms with Gasteiger partial charge < -0.3 is 5.11 Å². The lowest BCUT2D eigenvalue weighted by Gasteiger charge is -2.62. The standard InChI is InChI=1S/C27H47N3O/c1-17(2)7-6-8-18(3)21-9-10-22-20-16-25(29-30-28)24-15-19(31)11-13-27(24,5)23(20)12-14-26(21,22)4/h17-25,31H,6-16H2,1-5H3/t18-,19+,20+,21-,22+,23+,24-,25+,26-,27-/m1/s1. The fraction of sp³-hybridized carbons (Fsp3) is 1.00. The predicted octanol–water partition coefficient (Wildman–Crippen LogP) is 7.76. The summed E-state index contributed by atoms with van der Waals surface area (Å²) in [6, 6.07) is 0.0797. The molecule has 4 rings (SSSR count). The Hall–Kier alpha value is -0.730. The zero-order valence-corrected chi connectivity index (χ0v) is 20.8. The maximum absolute atomic E-state index is 10.4. The molecular weight excluding hydrogens is 382 g/mol. The van der Waals surface area contributed by atoms with Crippen molar-refractivity contribution in [3.05, 3.63) is 10.4 Å². The molecule has 31 heavy (non-hydrogen) atoms. The van der Waals surface area contributed by atoms with Crippen molar-refractivity contribution in [1.29, 1.82) is 0 Å². The maximum atomic E-state index is 10.4. The third-order valence-electron chi connectivity index (χ3n) is 11.1. The van der Waals surface area contributed by atoms with Gasteiger partial charge in [0.05, 0.1) is 6.10 Å². The minimum Gasteiger partial charge on any atom is -0.393 e. The first-order chi connectivity index (χ1) is 14.7. The first kappa shape index (κ1) is 23.4. The highest BCUT2D eigenvalue weighted by molar-refractivity contribution is 5.12. The minimum absolute atomic E-state index is 0.0797. The van der Waals surface area contributed by atoms with E-state index in [2.05, 4.69) is 44.6 Å². The third-order valence-corrected chi connectivity index (χ3v) is 11.1. The summed E-state index contributed by atoms with van der Waals surface area (Å²) in [4.78, 5) is 3.28. The monoisotopic (exact) mass is 429 g/mol. The van der Waals surface area contributed by atoms with Crippen molar-refractivity contribution >= 4 is 0 Å². The Balaban J connectivity index is 1.55. The van der Waals surface area contributed by atoms with Crippen LogP contribution >= 0.6 is 0 Å². The number of fused-ring (bicyclic) bond motifs is 5. The molecular formula is C27H47N3O. The van der Waals surface area contributed by atoms with Crippen LogP contribution in [0, 0.1) is 52.3 Å². The Morgan fingerprint density at radius 1 is 0.935 bits per heavy atom. The fourth-order valence-corrected chi connectivity index (χ4v) is 9.50. The van der Waals surface area contributed by atoms with E-state index >= 15 is 0 Å². The largest absolute Gasteiger partial charge is 0.393 e. The Morgan fingerprint density at radius 3 is 2.35 bits per heavy atom. The summed E-state index contributed by atoms with van der Waals surface area (Å²) in [7, 11) is 0. The van der Waals surface area contributed by atoms with Crippen LogP contribution in [-0.2, 0) is 0 Å². The zero-order valence-electron chi connectivity index (χ0n) is 20.8. The molecule has 0 heterocycles. The minimum atomic E-state index is -0.206. The number of aliphatic hydroxyl groups is 1. The zero-order chi connectivity index (χ0) is 22.4. The second kappa shape index (κ2) is 8.90. The smallest absolute Gasteiger partial charge is 0.0543 e. The molecule has 0 unspecified atom stereocenters. The summed E-state index contributed by atoms with van der Waals surface area (Å²) < 4.78 is 0. The average molecular weight is 430 g/mol. The number of azide groups is 1. The predicted molar refractivity (Wildman–Crippen MR) is 127 cm³/mol. The molecule has 0 spiro atoms. The molecule has 0 aromatic heterocycles. The summed E-state index contributed by atoms with van der Waals surface area (Å²) >= 11 is 0. The van der Waals surface area contributed by atoms with E-state index in [4.69, 9.17) is 0 Å². The molecule has 0 aromatic carbocycles. The number of hydrogen-bond donors (Lipinski definition) is 1. The fourth-order valence-electron chi connectivity index (χ4n) is 9.50. The van der Waals surface area contributed by atoms with E-state index in [1.54, 1.807) is 0 Å². The van der Waals surface area contributed by atoms with Crippen LogP contribution < -0.4 is 0 Å². The van der Waals surface area contributed by atoms with E-state index in [0.717, 1.165) is 55.3 Å². The summed E-state index contributed by atoms with van der Waals surface area (Å²) in [5.41, 5.74) is 10.0. The van der Waals surface area contributed by atoms with Gasteiger partial charge in [-0.15, -0.1) is 0 Å². The van der Waals surface area contributed by atoms with Gasteiger partial charge in [0.1, 0.15) is 0 Å². The number of rotatable bonds is 6. The highest BCUT2D eigenvalue weighted by Gasteiger charge is 2.62. The molecule has 0 amide bonds. The van der Waals surface area contributed by atoms with E-state index in [1.165, 1.54) is 44.9 Å². The highest BCUT2D eigenvalue weighted by atomic mass is 16.3. The van der Waals surface area contributed by atoms with Gasteiger partial charge in [0, 0.05) is 11.0 Å². The van der Waals surface area contributed by atoms with E-state index in [-0.39, 0.29) is 17.6 Å². The van der Waals surface area contributed by atoms with Crippen molar-refractivity contribution < 1.29 is 5.11 Å². The van der Waals surface area contributed by atoms with Gasteiger partial charge in [0.2, 0.25) is 0 Å². The van der Waals surface area contributed by atoms with Gasteiger partial charge in [0.15, 0.2) is 0 Å². The quantitative estimate of drug-likeness (QED) is 0.261. The molecule has 176 valence electrons. The van der Waals surface area contributed by atoms with Crippen molar-refractivity contribution in [1.82, 2.24) is 0 Å². The molecule has 0 aliphatic heterocycles. The molecule has 4 heteroatoms. The molecule has 0 radical (unpaired) electrons. The molecule has 4 saturated carbocycles. The van der Waals surface area contributed by atoms with E-state index in [0.29, 0.717) is 17.3 Å². The average Bonchev–Trinajstić information content (AvgIpc) is 3.06. The third kappa shape index (κ3) is 4.05. The topological polar surface area (TPSA) is 69.0 Å². The normalized spacial score (nSPS) is 47.8. The number of hydrogen-bond acceptors (Lipinski definition) is 2. The Labute approximate surface area is 190 Å². The molecule has 0 aromatic rings. The van der Waals surface area contributed by atoms with E-state index in [1.807, 2.05) is 0 Å². The van der Waals surface area contributed by atoms with Crippen molar-refractivity contribution in [3.8, 4) is 0 Å². The van der Waals surface area contributed by atoms with Gasteiger partial charge in [-0.05, 0) is 109 Å². The SMILES string of the molecule is CC(C)CCC[C@@H](C)[C@H]1CC[C@H]2[C@@H]3C[C@H](N=[N+]=[N-])[C@H]4C[C@@H](O)CC[C@]4(C)[C@H]3CC[C@]12C. The van der Waals surface area contributed by atoms with Crippen molar-refractivity contribution in [2.24, 2.45) is 57.4 Å². The van der Waals surface area contributed by atoms with Crippen LogP contribution in [0.1, 0.15) is 105 Å². The first-order valence-electron chi connectivity index (χ1n) is 13.4. The van der Waals surface area contributed by atoms with E-state index in [9.17, 15) is 10.6 Å². The molecule has 4 aliphatic carbocycles. The van der Waals surface area contributed by atoms with Crippen LogP contribution in [0.2, 0.25) is 0 Å². The van der Waals surface area contributed by atoms with Gasteiger partial charge in [-0.1, -0.05) is 59.0 Å².